The Morgan fingerprint density at radius 2 is 1.92 bits per heavy atom. The van der Waals surface area contributed by atoms with E-state index in [2.05, 4.69) is 9.97 Å². The molecule has 0 aliphatic carbocycles. The third-order valence-electron chi connectivity index (χ3n) is 3.24. The van der Waals surface area contributed by atoms with Gasteiger partial charge in [0.05, 0.1) is 51.0 Å². The quantitative estimate of drug-likeness (QED) is 0.416. The fourth-order valence-corrected chi connectivity index (χ4v) is 2.97. The second-order valence-electron chi connectivity index (χ2n) is 5.13. The summed E-state index contributed by atoms with van der Waals surface area (Å²) in [4.78, 5) is 17.7. The van der Waals surface area contributed by atoms with Gasteiger partial charge in [-0.3, -0.25) is 4.98 Å². The Balaban J connectivity index is 1.58. The molecule has 0 aromatic carbocycles. The van der Waals surface area contributed by atoms with Gasteiger partial charge in [0.25, 0.3) is 0 Å². The highest BCUT2D eigenvalue weighted by molar-refractivity contribution is 7.14. The van der Waals surface area contributed by atoms with E-state index in [1.807, 2.05) is 18.2 Å². The van der Waals surface area contributed by atoms with Crippen LogP contribution in [0.1, 0.15) is 11.4 Å². The average molecular weight is 421 g/mol. The van der Waals surface area contributed by atoms with E-state index in [1.54, 1.807) is 6.20 Å². The number of halogens is 2. The third-order valence-corrected chi connectivity index (χ3v) is 4.69. The molecule has 0 saturated heterocycles. The molecule has 2 aromatic heterocycles. The molecule has 0 aliphatic heterocycles. The zero-order chi connectivity index (χ0) is 18.8. The molecule has 1 unspecified atom stereocenters. The smallest absolute Gasteiger partial charge is 0.333 e. The largest absolute Gasteiger partial charge is 0.480 e. The van der Waals surface area contributed by atoms with Gasteiger partial charge in [0.15, 0.2) is 4.47 Å². The Kier molecular flexibility index (Phi) is 8.70. The first-order valence-electron chi connectivity index (χ1n) is 7.69. The van der Waals surface area contributed by atoms with Gasteiger partial charge in [0.1, 0.15) is 0 Å². The van der Waals surface area contributed by atoms with Crippen LogP contribution in [0.15, 0.2) is 29.8 Å². The second kappa shape index (κ2) is 10.8. The second-order valence-corrected chi connectivity index (χ2v) is 7.22. The fraction of sp³-hybridized carbons (Fsp3) is 0.438. The lowest BCUT2D eigenvalue weighted by atomic mass is 10.1. The van der Waals surface area contributed by atoms with E-state index in [1.165, 1.54) is 5.38 Å². The molecule has 1 N–H and O–H groups in total. The molecule has 2 rings (SSSR count). The van der Waals surface area contributed by atoms with Crippen LogP contribution in [0.2, 0.25) is 4.47 Å². The highest BCUT2D eigenvalue weighted by atomic mass is 35.5. The van der Waals surface area contributed by atoms with E-state index in [9.17, 15) is 9.90 Å². The minimum Gasteiger partial charge on any atom is -0.480 e. The molecule has 142 valence electrons. The SMILES string of the molecule is O=C(O)C(Cl)(COCCOCCOCc1ccccn1)c1csc(Cl)n1. The van der Waals surface area contributed by atoms with Crippen molar-refractivity contribution in [3.8, 4) is 0 Å². The zero-order valence-corrected chi connectivity index (χ0v) is 16.1. The summed E-state index contributed by atoms with van der Waals surface area (Å²) in [5.74, 6) is -1.25. The van der Waals surface area contributed by atoms with Crippen molar-refractivity contribution in [3.63, 3.8) is 0 Å². The highest BCUT2D eigenvalue weighted by Gasteiger charge is 2.41. The Morgan fingerprint density at radius 1 is 1.19 bits per heavy atom. The maximum Gasteiger partial charge on any atom is 0.333 e. The normalized spacial score (nSPS) is 13.5. The Labute approximate surface area is 164 Å². The molecule has 2 aromatic rings. The van der Waals surface area contributed by atoms with Crippen LogP contribution >= 0.6 is 34.5 Å². The monoisotopic (exact) mass is 420 g/mol. The average Bonchev–Trinajstić information content (AvgIpc) is 3.07. The van der Waals surface area contributed by atoms with Gasteiger partial charge >= 0.3 is 5.97 Å². The summed E-state index contributed by atoms with van der Waals surface area (Å²) in [5.41, 5.74) is 1.01. The molecule has 7 nitrogen and oxygen atoms in total. The number of ether oxygens (including phenoxy) is 3. The molecule has 2 heterocycles. The topological polar surface area (TPSA) is 90.8 Å². The van der Waals surface area contributed by atoms with Crippen molar-refractivity contribution >= 4 is 40.5 Å². The van der Waals surface area contributed by atoms with Crippen LogP contribution in [0, 0.1) is 0 Å². The lowest BCUT2D eigenvalue weighted by Gasteiger charge is -2.20. The highest BCUT2D eigenvalue weighted by Crippen LogP contribution is 2.32. The van der Waals surface area contributed by atoms with Gasteiger partial charge in [-0.25, -0.2) is 9.78 Å². The van der Waals surface area contributed by atoms with Gasteiger partial charge in [-0.1, -0.05) is 29.3 Å². The lowest BCUT2D eigenvalue weighted by molar-refractivity contribution is -0.142. The van der Waals surface area contributed by atoms with Crippen molar-refractivity contribution in [3.05, 3.63) is 45.6 Å². The van der Waals surface area contributed by atoms with Gasteiger partial charge in [-0.15, -0.1) is 11.3 Å². The van der Waals surface area contributed by atoms with Crippen molar-refractivity contribution in [2.75, 3.05) is 33.0 Å². The number of nitrogens with zero attached hydrogens (tertiary/aromatic N) is 2. The van der Waals surface area contributed by atoms with Gasteiger partial charge in [0, 0.05) is 11.6 Å². The molecule has 0 amide bonds. The van der Waals surface area contributed by atoms with Crippen LogP contribution in [0.5, 0.6) is 0 Å². The number of aromatic nitrogens is 2. The van der Waals surface area contributed by atoms with E-state index in [-0.39, 0.29) is 30.0 Å². The number of carboxylic acid groups (broad SMARTS) is 1. The maximum absolute atomic E-state index is 11.4. The molecule has 26 heavy (non-hydrogen) atoms. The molecule has 0 aliphatic rings. The van der Waals surface area contributed by atoms with Crippen molar-refractivity contribution in [1.82, 2.24) is 9.97 Å². The van der Waals surface area contributed by atoms with E-state index in [0.29, 0.717) is 19.8 Å². The number of thiazole rings is 1. The van der Waals surface area contributed by atoms with Crippen molar-refractivity contribution < 1.29 is 24.1 Å². The molecule has 0 fully saturated rings. The molecule has 0 spiro atoms. The van der Waals surface area contributed by atoms with Crippen LogP contribution in [0.4, 0.5) is 0 Å². The van der Waals surface area contributed by atoms with E-state index >= 15 is 0 Å². The zero-order valence-electron chi connectivity index (χ0n) is 13.8. The van der Waals surface area contributed by atoms with Gasteiger partial charge in [0.2, 0.25) is 4.87 Å². The van der Waals surface area contributed by atoms with Gasteiger partial charge in [-0.05, 0) is 12.1 Å². The molecule has 10 heteroatoms. The van der Waals surface area contributed by atoms with Crippen LogP contribution in [-0.4, -0.2) is 54.1 Å². The van der Waals surface area contributed by atoms with Crippen LogP contribution in [-0.2, 0) is 30.5 Å². The van der Waals surface area contributed by atoms with E-state index in [4.69, 9.17) is 37.4 Å². The van der Waals surface area contributed by atoms with Crippen LogP contribution in [0.25, 0.3) is 0 Å². The summed E-state index contributed by atoms with van der Waals surface area (Å²) in [5, 5.41) is 10.8. The number of aliphatic carboxylic acids is 1. The minimum atomic E-state index is -1.77. The summed E-state index contributed by atoms with van der Waals surface area (Å²) in [6.07, 6.45) is 1.71. The third kappa shape index (κ3) is 6.46. The first-order valence-corrected chi connectivity index (χ1v) is 9.33. The molecule has 0 bridgehead atoms. The standard InChI is InChI=1S/C16H18Cl2N2O5S/c17-15-20-13(10-26-15)16(18,14(21)22)11-25-8-6-23-5-7-24-9-12-3-1-2-4-19-12/h1-4,10H,5-9,11H2,(H,21,22). The molecule has 1 atom stereocenters. The fourth-order valence-electron chi connectivity index (χ4n) is 1.89. The number of carboxylic acids is 1. The number of rotatable bonds is 12. The Morgan fingerprint density at radius 3 is 2.54 bits per heavy atom. The molecular weight excluding hydrogens is 403 g/mol. The molecule has 0 saturated carbocycles. The maximum atomic E-state index is 11.4. The number of carbonyl (C=O) groups is 1. The van der Waals surface area contributed by atoms with E-state index in [0.717, 1.165) is 17.0 Å². The summed E-state index contributed by atoms with van der Waals surface area (Å²) < 4.78 is 16.3. The number of hydrogen-bond donors (Lipinski definition) is 1. The van der Waals surface area contributed by atoms with Gasteiger partial charge < -0.3 is 19.3 Å². The first kappa shape index (κ1) is 21.0. The predicted molar refractivity (Wildman–Crippen MR) is 97.8 cm³/mol. The lowest BCUT2D eigenvalue weighted by Crippen LogP contribution is -2.35. The summed E-state index contributed by atoms with van der Waals surface area (Å²) in [6, 6.07) is 5.62. The number of pyridine rings is 1. The van der Waals surface area contributed by atoms with Crippen LogP contribution in [0.3, 0.4) is 0 Å². The molecule has 0 radical (unpaired) electrons. The number of alkyl halides is 1. The predicted octanol–water partition coefficient (Wildman–Crippen LogP) is 2.96. The van der Waals surface area contributed by atoms with E-state index < -0.39 is 10.8 Å². The molecular formula is C16H18Cl2N2O5S. The van der Waals surface area contributed by atoms with Crippen LogP contribution < -0.4 is 0 Å². The van der Waals surface area contributed by atoms with Gasteiger partial charge in [-0.2, -0.15) is 0 Å². The summed E-state index contributed by atoms with van der Waals surface area (Å²) in [6.45, 7) is 1.47. The Bertz CT molecular complexity index is 688. The summed E-state index contributed by atoms with van der Waals surface area (Å²) in [7, 11) is 0. The minimum absolute atomic E-state index is 0.158. The van der Waals surface area contributed by atoms with Crippen molar-refractivity contribution in [1.29, 1.82) is 0 Å². The summed E-state index contributed by atoms with van der Waals surface area (Å²) >= 11 is 13.0. The Hall–Kier alpha value is -1.29. The first-order chi connectivity index (χ1) is 12.5. The van der Waals surface area contributed by atoms with Crippen molar-refractivity contribution in [2.24, 2.45) is 0 Å². The number of hydrogen-bond acceptors (Lipinski definition) is 7. The van der Waals surface area contributed by atoms with Crippen molar-refractivity contribution in [2.45, 2.75) is 11.5 Å².